The molecule has 0 aliphatic carbocycles. The van der Waals surface area contributed by atoms with Crippen LogP contribution in [0, 0.1) is 0 Å². The molecule has 13 heteroatoms. The summed E-state index contributed by atoms with van der Waals surface area (Å²) in [6.07, 6.45) is -1.56. The minimum atomic E-state index is -4.96. The normalized spacial score (nSPS) is 12.1. The summed E-state index contributed by atoms with van der Waals surface area (Å²) in [5.41, 5.74) is 4.77. The third-order valence-electron chi connectivity index (χ3n) is 1.10. The van der Waals surface area contributed by atoms with Crippen molar-refractivity contribution in [1.82, 2.24) is 0 Å². The average molecular weight is 371 g/mol. The predicted molar refractivity (Wildman–Crippen MR) is 32.7 cm³/mol. The molecule has 0 aromatic rings. The van der Waals surface area contributed by atoms with Gasteiger partial charge in [-0.05, 0) is 12.6 Å². The molecule has 0 bridgehead atoms. The molecule has 0 saturated carbocycles. The van der Waals surface area contributed by atoms with E-state index in [1.54, 1.807) is 0 Å². The summed E-state index contributed by atoms with van der Waals surface area (Å²) in [5, 5.41) is 0. The van der Waals surface area contributed by atoms with Crippen LogP contribution >= 0.6 is 15.2 Å². The van der Waals surface area contributed by atoms with Gasteiger partial charge in [-0.25, -0.2) is 0 Å². The van der Waals surface area contributed by atoms with E-state index in [-0.39, 0.29) is 206 Å². The topological polar surface area (TPSA) is 152 Å². The van der Waals surface area contributed by atoms with Crippen molar-refractivity contribution in [3.8, 4) is 0 Å². The predicted octanol–water partition coefficient (Wildman–Crippen LogP) is -15.5. The molecule has 2 N–H and O–H groups in total. The van der Waals surface area contributed by atoms with Crippen LogP contribution in [-0.4, -0.2) is 11.9 Å². The Morgan fingerprint density at radius 2 is 1.25 bits per heavy atom. The van der Waals surface area contributed by atoms with Gasteiger partial charge in [0, 0.05) is 5.78 Å². The molecular formula is C3H7K4NO6P2. The van der Waals surface area contributed by atoms with Gasteiger partial charge in [0.25, 0.3) is 0 Å². The first-order valence-electron chi connectivity index (χ1n) is 2.91. The van der Waals surface area contributed by atoms with Crippen LogP contribution in [0.4, 0.5) is 0 Å². The Bertz CT molecular complexity index is 242. The van der Waals surface area contributed by atoms with E-state index in [1.807, 2.05) is 0 Å². The van der Waals surface area contributed by atoms with Crippen molar-refractivity contribution in [1.29, 1.82) is 0 Å². The van der Waals surface area contributed by atoms with Gasteiger partial charge in [0.05, 0.1) is 0 Å². The third kappa shape index (κ3) is 23.1. The summed E-state index contributed by atoms with van der Waals surface area (Å²) in [5.74, 6) is -1.80. The first-order chi connectivity index (χ1) is 5.13. The number of rotatable bonds is 4. The standard InChI is InChI=1S/C3H11NO6P2.4K/c4-3(12(8,9)10)1-2-11(5,6)7;;;;/h3H,1-2,4H2,(H2,5,6,7)(H2,8,9,10);;;;/q;4*+1/p-4. The molecule has 0 heterocycles. The molecule has 1 atom stereocenters. The van der Waals surface area contributed by atoms with Gasteiger partial charge in [-0.15, -0.1) is 0 Å². The zero-order chi connectivity index (χ0) is 9.99. The van der Waals surface area contributed by atoms with Gasteiger partial charge in [-0.3, -0.25) is 0 Å². The van der Waals surface area contributed by atoms with E-state index >= 15 is 0 Å². The van der Waals surface area contributed by atoms with E-state index in [9.17, 15) is 28.7 Å². The molecular weight excluding hydrogens is 364 g/mol. The molecule has 0 saturated heterocycles. The molecule has 0 amide bonds. The maximum Gasteiger partial charge on any atom is 1.00 e. The van der Waals surface area contributed by atoms with Crippen molar-refractivity contribution < 1.29 is 234 Å². The Hall–Kier alpha value is 6.81. The molecule has 0 aliphatic rings. The van der Waals surface area contributed by atoms with Crippen LogP contribution in [-0.2, 0) is 9.13 Å². The van der Waals surface area contributed by atoms with Gasteiger partial charge >= 0.3 is 206 Å². The molecule has 16 heavy (non-hydrogen) atoms. The van der Waals surface area contributed by atoms with Gasteiger partial charge in [-0.1, -0.05) is 15.2 Å². The van der Waals surface area contributed by atoms with Gasteiger partial charge in [0.2, 0.25) is 0 Å². The van der Waals surface area contributed by atoms with Crippen LogP contribution in [0.15, 0.2) is 0 Å². The second-order valence-corrected chi connectivity index (χ2v) is 5.64. The summed E-state index contributed by atoms with van der Waals surface area (Å²) in [4.78, 5) is 40.2. The number of hydrogen-bond acceptors (Lipinski definition) is 7. The third-order valence-corrected chi connectivity index (χ3v) is 2.98. The Kier molecular flexibility index (Phi) is 35.6. The van der Waals surface area contributed by atoms with Crippen molar-refractivity contribution >= 4 is 15.2 Å². The van der Waals surface area contributed by atoms with E-state index in [0.29, 0.717) is 0 Å². The SMILES string of the molecule is NC(CCP(=O)([O-])[O-])P(=O)([O-])[O-].[K+].[K+].[K+].[K+]. The quantitative estimate of drug-likeness (QED) is 0.380. The minimum Gasteiger partial charge on any atom is -0.811 e. The second kappa shape index (κ2) is 16.7. The van der Waals surface area contributed by atoms with E-state index < -0.39 is 33.6 Å². The Labute approximate surface area is 265 Å². The number of hydrogen-bond donors (Lipinski definition) is 1. The van der Waals surface area contributed by atoms with E-state index in [1.165, 1.54) is 0 Å². The van der Waals surface area contributed by atoms with E-state index in [2.05, 4.69) is 0 Å². The van der Waals surface area contributed by atoms with Crippen LogP contribution in [0.2, 0.25) is 0 Å². The summed E-state index contributed by atoms with van der Waals surface area (Å²) < 4.78 is 20.1. The van der Waals surface area contributed by atoms with Crippen LogP contribution in [0.3, 0.4) is 0 Å². The van der Waals surface area contributed by atoms with Gasteiger partial charge in [0.15, 0.2) is 0 Å². The van der Waals surface area contributed by atoms with Crippen LogP contribution < -0.4 is 231 Å². The largest absolute Gasteiger partial charge is 1.00 e. The molecule has 0 rings (SSSR count). The summed E-state index contributed by atoms with van der Waals surface area (Å²) in [7, 11) is -9.73. The molecule has 0 aliphatic heterocycles. The molecule has 0 fully saturated rings. The second-order valence-electron chi connectivity index (χ2n) is 2.23. The molecule has 1 unspecified atom stereocenters. The molecule has 74 valence electrons. The Balaban J connectivity index is -0.000000101. The first-order valence-corrected chi connectivity index (χ1v) is 6.25. The van der Waals surface area contributed by atoms with Gasteiger partial charge in [0.1, 0.15) is 0 Å². The fraction of sp³-hybridized carbons (Fsp3) is 1.00. The van der Waals surface area contributed by atoms with Crippen molar-refractivity contribution in [2.24, 2.45) is 5.73 Å². The fourth-order valence-corrected chi connectivity index (χ4v) is 1.69. The molecule has 0 aromatic carbocycles. The molecule has 7 nitrogen and oxygen atoms in total. The van der Waals surface area contributed by atoms with E-state index in [0.717, 1.165) is 0 Å². The zero-order valence-electron chi connectivity index (χ0n) is 9.91. The van der Waals surface area contributed by atoms with Crippen LogP contribution in [0.25, 0.3) is 0 Å². The Morgan fingerprint density at radius 3 is 1.44 bits per heavy atom. The smallest absolute Gasteiger partial charge is 0.811 e. The minimum absolute atomic E-state index is 0. The van der Waals surface area contributed by atoms with Crippen molar-refractivity contribution in [2.75, 3.05) is 6.16 Å². The monoisotopic (exact) mass is 371 g/mol. The van der Waals surface area contributed by atoms with Gasteiger partial charge in [-0.2, -0.15) is 0 Å². The molecule has 0 spiro atoms. The Morgan fingerprint density at radius 1 is 0.938 bits per heavy atom. The van der Waals surface area contributed by atoms with E-state index in [4.69, 9.17) is 5.73 Å². The van der Waals surface area contributed by atoms with Crippen LogP contribution in [0.1, 0.15) is 6.42 Å². The zero-order valence-corrected chi connectivity index (χ0v) is 24.2. The molecule has 0 radical (unpaired) electrons. The average Bonchev–Trinajstić information content (AvgIpc) is 1.78. The van der Waals surface area contributed by atoms with Gasteiger partial charge < -0.3 is 34.4 Å². The summed E-state index contributed by atoms with van der Waals surface area (Å²) in [6, 6.07) is 0. The summed E-state index contributed by atoms with van der Waals surface area (Å²) in [6.45, 7) is 0. The maximum absolute atomic E-state index is 10.1. The number of nitrogens with two attached hydrogens (primary N) is 1. The first kappa shape index (κ1) is 34.2. The fourth-order valence-electron chi connectivity index (χ4n) is 0.448. The van der Waals surface area contributed by atoms with Crippen molar-refractivity contribution in [3.05, 3.63) is 0 Å². The summed E-state index contributed by atoms with van der Waals surface area (Å²) >= 11 is 0. The van der Waals surface area contributed by atoms with Crippen LogP contribution in [0.5, 0.6) is 0 Å². The maximum atomic E-state index is 10.1. The van der Waals surface area contributed by atoms with Crippen molar-refractivity contribution in [2.45, 2.75) is 12.2 Å². The van der Waals surface area contributed by atoms with Crippen molar-refractivity contribution in [3.63, 3.8) is 0 Å². The molecule has 0 aromatic heterocycles.